The van der Waals surface area contributed by atoms with Gasteiger partial charge in [0.05, 0.1) is 38.1 Å². The molecule has 1 aliphatic carbocycles. The van der Waals surface area contributed by atoms with Crippen LogP contribution >= 0.6 is 15.6 Å². The molecule has 1 rings (SSSR count). The van der Waals surface area contributed by atoms with E-state index in [-0.39, 0.29) is 44.3 Å². The lowest BCUT2D eigenvalue weighted by Gasteiger charge is -2.21. The number of allylic oxidation sites excluding steroid dienone is 6. The van der Waals surface area contributed by atoms with Crippen molar-refractivity contribution >= 4 is 33.4 Å². The molecule has 1 aliphatic rings. The summed E-state index contributed by atoms with van der Waals surface area (Å²) in [5.74, 6) is -2.47. The number of phosphoric ester groups is 2. The number of unbranched alkanes of at least 4 members (excludes halogenated alkanes) is 10. The van der Waals surface area contributed by atoms with Crippen LogP contribution in [-0.4, -0.2) is 110 Å². The Bertz CT molecular complexity index is 1510. The van der Waals surface area contributed by atoms with Gasteiger partial charge in [0.2, 0.25) is 0 Å². The summed E-state index contributed by atoms with van der Waals surface area (Å²) >= 11 is 0. The summed E-state index contributed by atoms with van der Waals surface area (Å²) in [6.45, 7) is 1.18. The second-order valence-corrected chi connectivity index (χ2v) is 19.3. The van der Waals surface area contributed by atoms with Gasteiger partial charge in [-0.25, -0.2) is 9.13 Å². The maximum atomic E-state index is 12.9. The molecule has 8 atom stereocenters. The molecule has 376 valence electrons. The normalized spacial score (nSPS) is 20.5. The van der Waals surface area contributed by atoms with E-state index in [0.717, 1.165) is 64.2 Å². The maximum Gasteiger partial charge on any atom is 0.472 e. The predicted molar refractivity (Wildman–Crippen MR) is 246 cm³/mol. The molecule has 0 bridgehead atoms. The van der Waals surface area contributed by atoms with E-state index in [1.165, 1.54) is 19.3 Å². The lowest BCUT2D eigenvalue weighted by atomic mass is 9.87. The van der Waals surface area contributed by atoms with Crippen molar-refractivity contribution in [2.75, 3.05) is 26.4 Å². The lowest BCUT2D eigenvalue weighted by molar-refractivity contribution is -0.161. The fourth-order valence-electron chi connectivity index (χ4n) is 7.00. The Morgan fingerprint density at radius 3 is 1.86 bits per heavy atom. The van der Waals surface area contributed by atoms with Crippen LogP contribution in [0.5, 0.6) is 0 Å². The Kier molecular flexibility index (Phi) is 34.2. The number of rotatable bonds is 40. The van der Waals surface area contributed by atoms with Gasteiger partial charge in [-0.05, 0) is 64.2 Å². The number of esters is 2. The summed E-state index contributed by atoms with van der Waals surface area (Å²) in [5, 5.41) is 41.1. The maximum absolute atomic E-state index is 12.9. The Morgan fingerprint density at radius 1 is 0.646 bits per heavy atom. The van der Waals surface area contributed by atoms with Gasteiger partial charge >= 0.3 is 27.6 Å². The molecule has 65 heavy (non-hydrogen) atoms. The van der Waals surface area contributed by atoms with Crippen LogP contribution in [0.4, 0.5) is 0 Å². The number of phosphoric acid groups is 2. The Labute approximate surface area is 386 Å². The number of ether oxygens (including phenoxy) is 2. The number of hydrogen-bond acceptors (Lipinski definition) is 14. The standard InChI is InChI=1S/C46H80O17P2/c1-3-5-7-8-9-10-11-12-13-14-15-16-17-18-19-20-22-28-46(53)63-40(36-62-65(57,58)61-34-39(49)33-60-64(54,55)56)35-59-45(52)27-24-23-26-38(48)31-42-41(43(50)32-44(42)51)30-29-37(47)25-21-6-4-2/h9-10,12-13,15-16,29-30,37,39-44,47,49-51H,3-8,11,14,17-28,31-36H2,1-2H3,(H,57,58)(H2,54,55,56)/b10-9-,13-12-,16-15-,30-29+/t37-,39-,40+,41+,42+,43+,44-/m0/s1. The quantitative estimate of drug-likeness (QED) is 0.0134. The first-order valence-electron chi connectivity index (χ1n) is 23.5. The molecule has 0 aromatic rings. The van der Waals surface area contributed by atoms with Gasteiger partial charge in [-0.15, -0.1) is 0 Å². The molecule has 0 aliphatic heterocycles. The third-order valence-corrected chi connectivity index (χ3v) is 12.1. The van der Waals surface area contributed by atoms with Crippen LogP contribution in [0.3, 0.4) is 0 Å². The zero-order chi connectivity index (χ0) is 48.4. The number of Topliss-reactive ketones (excluding diaryl/α,β-unsaturated/α-hetero) is 1. The minimum atomic E-state index is -4.91. The smallest absolute Gasteiger partial charge is 0.462 e. The molecule has 1 fully saturated rings. The third kappa shape index (κ3) is 33.7. The SMILES string of the molecule is CCCCC/C=C\C/C=C\C/C=C\CCCCCCC(=O)O[C@H](COC(=O)CCCCC(=O)C[C@@H]1[C@@H](/C=C/[C@@H](O)CCCCC)[C@H](O)C[C@@H]1O)COP(=O)(O)OC[C@@H](O)COP(=O)(O)O. The van der Waals surface area contributed by atoms with Crippen LogP contribution in [0.25, 0.3) is 0 Å². The molecule has 0 saturated heterocycles. The highest BCUT2D eigenvalue weighted by Crippen LogP contribution is 2.44. The van der Waals surface area contributed by atoms with Crippen molar-refractivity contribution in [2.45, 2.75) is 186 Å². The van der Waals surface area contributed by atoms with Gasteiger partial charge in [0, 0.05) is 43.9 Å². The Balaban J connectivity index is 2.58. The van der Waals surface area contributed by atoms with Crippen LogP contribution < -0.4 is 0 Å². The minimum Gasteiger partial charge on any atom is -0.462 e. The number of ketones is 1. The summed E-state index contributed by atoms with van der Waals surface area (Å²) in [6, 6.07) is 0. The van der Waals surface area contributed by atoms with Crippen LogP contribution in [-0.2, 0) is 46.6 Å². The van der Waals surface area contributed by atoms with Gasteiger partial charge in [-0.2, -0.15) is 0 Å². The van der Waals surface area contributed by atoms with Gasteiger partial charge in [0.15, 0.2) is 6.10 Å². The largest absolute Gasteiger partial charge is 0.472 e. The molecular formula is C46H80O17P2. The molecular weight excluding hydrogens is 886 g/mol. The van der Waals surface area contributed by atoms with Crippen molar-refractivity contribution in [3.63, 3.8) is 0 Å². The minimum absolute atomic E-state index is 0.0279. The highest BCUT2D eigenvalue weighted by Gasteiger charge is 2.41. The number of aliphatic hydroxyl groups excluding tert-OH is 4. The molecule has 0 radical (unpaired) electrons. The van der Waals surface area contributed by atoms with Crippen LogP contribution in [0.2, 0.25) is 0 Å². The number of carbonyl (C=O) groups is 3. The summed E-state index contributed by atoms with van der Waals surface area (Å²) in [5.41, 5.74) is 0. The van der Waals surface area contributed by atoms with E-state index in [1.807, 2.05) is 0 Å². The van der Waals surface area contributed by atoms with E-state index in [2.05, 4.69) is 59.4 Å². The van der Waals surface area contributed by atoms with Crippen molar-refractivity contribution in [1.82, 2.24) is 0 Å². The van der Waals surface area contributed by atoms with Crippen molar-refractivity contribution in [1.29, 1.82) is 0 Å². The highest BCUT2D eigenvalue weighted by molar-refractivity contribution is 7.47. The van der Waals surface area contributed by atoms with Gasteiger partial charge in [0.1, 0.15) is 18.5 Å². The van der Waals surface area contributed by atoms with Gasteiger partial charge < -0.3 is 44.6 Å². The molecule has 0 aromatic carbocycles. The fraction of sp³-hybridized carbons (Fsp3) is 0.761. The number of carbonyl (C=O) groups excluding carboxylic acids is 3. The molecule has 0 heterocycles. The van der Waals surface area contributed by atoms with Crippen molar-refractivity contribution in [2.24, 2.45) is 11.8 Å². The first-order chi connectivity index (χ1) is 31.0. The second kappa shape index (κ2) is 36.6. The number of aliphatic hydroxyl groups is 4. The molecule has 0 amide bonds. The Hall–Kier alpha value is -2.37. The lowest BCUT2D eigenvalue weighted by Crippen LogP contribution is -2.30. The summed E-state index contributed by atoms with van der Waals surface area (Å²) in [7, 11) is -9.82. The molecule has 19 heteroatoms. The van der Waals surface area contributed by atoms with Crippen molar-refractivity contribution in [3.8, 4) is 0 Å². The predicted octanol–water partition coefficient (Wildman–Crippen LogP) is 7.79. The van der Waals surface area contributed by atoms with E-state index in [9.17, 15) is 48.8 Å². The van der Waals surface area contributed by atoms with Crippen LogP contribution in [0.1, 0.15) is 155 Å². The van der Waals surface area contributed by atoms with E-state index >= 15 is 0 Å². The van der Waals surface area contributed by atoms with E-state index in [1.54, 1.807) is 12.2 Å². The average Bonchev–Trinajstić information content (AvgIpc) is 3.51. The molecule has 1 saturated carbocycles. The Morgan fingerprint density at radius 2 is 1.20 bits per heavy atom. The van der Waals surface area contributed by atoms with Crippen LogP contribution in [0, 0.1) is 11.8 Å². The zero-order valence-corrected chi connectivity index (χ0v) is 40.4. The second-order valence-electron chi connectivity index (χ2n) is 16.6. The van der Waals surface area contributed by atoms with E-state index in [4.69, 9.17) is 23.8 Å². The van der Waals surface area contributed by atoms with Crippen molar-refractivity contribution < 1.29 is 81.7 Å². The van der Waals surface area contributed by atoms with Gasteiger partial charge in [-0.1, -0.05) is 107 Å². The third-order valence-electron chi connectivity index (χ3n) is 10.7. The van der Waals surface area contributed by atoms with Gasteiger partial charge in [-0.3, -0.25) is 28.0 Å². The number of hydrogen-bond donors (Lipinski definition) is 7. The fourth-order valence-corrected chi connectivity index (χ4v) is 8.15. The first-order valence-corrected chi connectivity index (χ1v) is 26.5. The van der Waals surface area contributed by atoms with Crippen molar-refractivity contribution in [3.05, 3.63) is 48.6 Å². The summed E-state index contributed by atoms with van der Waals surface area (Å²) in [4.78, 5) is 65.9. The zero-order valence-electron chi connectivity index (χ0n) is 38.7. The van der Waals surface area contributed by atoms with Crippen LogP contribution in [0.15, 0.2) is 48.6 Å². The first kappa shape index (κ1) is 60.6. The molecule has 17 nitrogen and oxygen atoms in total. The highest BCUT2D eigenvalue weighted by atomic mass is 31.2. The molecule has 0 aromatic heterocycles. The van der Waals surface area contributed by atoms with Gasteiger partial charge in [0.25, 0.3) is 0 Å². The monoisotopic (exact) mass is 966 g/mol. The van der Waals surface area contributed by atoms with E-state index in [0.29, 0.717) is 19.3 Å². The topological polar surface area (TPSA) is 273 Å². The average molecular weight is 967 g/mol. The summed E-state index contributed by atoms with van der Waals surface area (Å²) < 4.78 is 47.7. The van der Waals surface area contributed by atoms with E-state index < -0.39 is 96.4 Å². The molecule has 0 spiro atoms. The molecule has 1 unspecified atom stereocenters. The summed E-state index contributed by atoms with van der Waals surface area (Å²) in [6.07, 6.45) is 25.9. The molecule has 7 N–H and O–H groups in total.